The van der Waals surface area contributed by atoms with Gasteiger partial charge in [-0.15, -0.1) is 0 Å². The number of benzene rings is 1. The van der Waals surface area contributed by atoms with Gasteiger partial charge in [-0.1, -0.05) is 12.1 Å². The molecular weight excluding hydrogens is 316 g/mol. The Bertz CT molecular complexity index is 723. The first kappa shape index (κ1) is 16.9. The van der Waals surface area contributed by atoms with Crippen molar-refractivity contribution in [2.75, 3.05) is 6.54 Å². The fraction of sp³-hybridized carbons (Fsp3) is 0.188. The van der Waals surface area contributed by atoms with Crippen LogP contribution in [0.25, 0.3) is 6.08 Å². The molecule has 2 N–H and O–H groups in total. The number of amides is 1. The number of hydrogen-bond donors (Lipinski definition) is 2. The molecule has 0 aliphatic rings. The largest absolute Gasteiger partial charge is 0.384 e. The maximum atomic E-state index is 11.8. The Morgan fingerprint density at radius 3 is 2.83 bits per heavy atom. The zero-order chi connectivity index (χ0) is 16.9. The summed E-state index contributed by atoms with van der Waals surface area (Å²) in [6.07, 6.45) is 2.60. The molecule has 0 aliphatic carbocycles. The van der Waals surface area contributed by atoms with E-state index in [0.29, 0.717) is 5.56 Å². The van der Waals surface area contributed by atoms with E-state index in [1.165, 1.54) is 29.6 Å². The summed E-state index contributed by atoms with van der Waals surface area (Å²) in [7, 11) is 0. The van der Waals surface area contributed by atoms with E-state index in [9.17, 15) is 20.0 Å². The Balaban J connectivity index is 1.99. The van der Waals surface area contributed by atoms with Crippen molar-refractivity contribution in [3.05, 3.63) is 68.4 Å². The lowest BCUT2D eigenvalue weighted by molar-refractivity contribution is -0.385. The summed E-state index contributed by atoms with van der Waals surface area (Å²) >= 11 is 1.46. The van der Waals surface area contributed by atoms with Crippen LogP contribution < -0.4 is 5.32 Å². The van der Waals surface area contributed by atoms with Gasteiger partial charge >= 0.3 is 0 Å². The van der Waals surface area contributed by atoms with Gasteiger partial charge in [0.2, 0.25) is 5.91 Å². The number of carbonyl (C=O) groups excluding carboxylic acids is 1. The molecule has 2 rings (SSSR count). The highest BCUT2D eigenvalue weighted by atomic mass is 32.1. The van der Waals surface area contributed by atoms with Gasteiger partial charge in [-0.3, -0.25) is 14.9 Å². The molecular formula is C16H16N2O4S. The topological polar surface area (TPSA) is 92.5 Å². The number of carbonyl (C=O) groups is 1. The van der Waals surface area contributed by atoms with Crippen LogP contribution in [0.3, 0.4) is 0 Å². The van der Waals surface area contributed by atoms with E-state index in [1.54, 1.807) is 31.2 Å². The van der Waals surface area contributed by atoms with Crippen molar-refractivity contribution in [3.8, 4) is 0 Å². The normalized spacial score (nSPS) is 13.7. The molecule has 0 bridgehead atoms. The molecule has 23 heavy (non-hydrogen) atoms. The zero-order valence-electron chi connectivity index (χ0n) is 12.4. The van der Waals surface area contributed by atoms with E-state index in [1.807, 2.05) is 10.8 Å². The first-order valence-corrected chi connectivity index (χ1v) is 7.79. The quantitative estimate of drug-likeness (QED) is 0.483. The Morgan fingerprint density at radius 1 is 1.43 bits per heavy atom. The molecule has 0 radical (unpaired) electrons. The third-order valence-electron chi connectivity index (χ3n) is 3.30. The van der Waals surface area contributed by atoms with E-state index in [-0.39, 0.29) is 12.2 Å². The maximum Gasteiger partial charge on any atom is 0.276 e. The first-order chi connectivity index (χ1) is 10.9. The minimum absolute atomic E-state index is 0.0454. The number of rotatable bonds is 6. The van der Waals surface area contributed by atoms with Crippen LogP contribution in [-0.2, 0) is 10.4 Å². The third kappa shape index (κ3) is 4.48. The molecule has 1 amide bonds. The Kier molecular flexibility index (Phi) is 5.25. The molecule has 120 valence electrons. The molecule has 2 aromatic rings. The van der Waals surface area contributed by atoms with Gasteiger partial charge in [0.05, 0.1) is 17.0 Å². The number of nitro groups is 1. The van der Waals surface area contributed by atoms with E-state index in [4.69, 9.17) is 0 Å². The minimum atomic E-state index is -1.16. The lowest BCUT2D eigenvalue weighted by atomic mass is 9.99. The molecule has 1 aromatic carbocycles. The predicted octanol–water partition coefficient (Wildman–Crippen LogP) is 2.69. The van der Waals surface area contributed by atoms with Crippen LogP contribution in [-0.4, -0.2) is 22.5 Å². The number of hydrogen-bond acceptors (Lipinski definition) is 5. The van der Waals surface area contributed by atoms with Crippen molar-refractivity contribution >= 4 is 29.0 Å². The summed E-state index contributed by atoms with van der Waals surface area (Å²) in [4.78, 5) is 22.2. The third-order valence-corrected chi connectivity index (χ3v) is 3.98. The van der Waals surface area contributed by atoms with Gasteiger partial charge < -0.3 is 10.4 Å². The highest BCUT2D eigenvalue weighted by Crippen LogP contribution is 2.22. The summed E-state index contributed by atoms with van der Waals surface area (Å²) in [5, 5.41) is 27.4. The van der Waals surface area contributed by atoms with E-state index >= 15 is 0 Å². The Morgan fingerprint density at radius 2 is 2.17 bits per heavy atom. The number of nitro benzene ring substituents is 1. The average molecular weight is 332 g/mol. The Labute approximate surface area is 137 Å². The van der Waals surface area contributed by atoms with Crippen LogP contribution in [0, 0.1) is 10.1 Å². The van der Waals surface area contributed by atoms with Crippen molar-refractivity contribution in [1.29, 1.82) is 0 Å². The first-order valence-electron chi connectivity index (χ1n) is 6.84. The van der Waals surface area contributed by atoms with Gasteiger partial charge in [-0.2, -0.15) is 11.3 Å². The zero-order valence-corrected chi connectivity index (χ0v) is 13.2. The standard InChI is InChI=1S/C16H16N2O4S/c1-16(20,13-8-9-23-10-13)11-17-15(19)7-6-12-4-2-3-5-14(12)18(21)22/h2-10,20H,11H2,1H3,(H,17,19)/b7-6+. The van der Waals surface area contributed by atoms with Gasteiger partial charge in [-0.05, 0) is 41.5 Å². The van der Waals surface area contributed by atoms with E-state index in [2.05, 4.69) is 5.32 Å². The van der Waals surface area contributed by atoms with Crippen LogP contribution in [0.15, 0.2) is 47.2 Å². The van der Waals surface area contributed by atoms with Gasteiger partial charge in [-0.25, -0.2) is 0 Å². The Hall–Kier alpha value is -2.51. The lowest BCUT2D eigenvalue weighted by Gasteiger charge is -2.22. The maximum absolute atomic E-state index is 11.8. The van der Waals surface area contributed by atoms with Crippen molar-refractivity contribution < 1.29 is 14.8 Å². The second-order valence-corrected chi connectivity index (χ2v) is 5.93. The van der Waals surface area contributed by atoms with Crippen molar-refractivity contribution in [3.63, 3.8) is 0 Å². The number of para-hydroxylation sites is 1. The highest BCUT2D eigenvalue weighted by molar-refractivity contribution is 7.08. The van der Waals surface area contributed by atoms with Crippen LogP contribution in [0.1, 0.15) is 18.1 Å². The van der Waals surface area contributed by atoms with Crippen molar-refractivity contribution in [2.45, 2.75) is 12.5 Å². The van der Waals surface area contributed by atoms with Crippen molar-refractivity contribution in [2.24, 2.45) is 0 Å². The number of thiophene rings is 1. The van der Waals surface area contributed by atoms with Crippen LogP contribution >= 0.6 is 11.3 Å². The van der Waals surface area contributed by atoms with Gasteiger partial charge in [0.25, 0.3) is 5.69 Å². The monoisotopic (exact) mass is 332 g/mol. The lowest BCUT2D eigenvalue weighted by Crippen LogP contribution is -2.37. The van der Waals surface area contributed by atoms with Crippen LogP contribution in [0.5, 0.6) is 0 Å². The van der Waals surface area contributed by atoms with Crippen molar-refractivity contribution in [1.82, 2.24) is 5.32 Å². The van der Waals surface area contributed by atoms with Crippen LogP contribution in [0.2, 0.25) is 0 Å². The fourth-order valence-electron chi connectivity index (χ4n) is 1.95. The molecule has 7 heteroatoms. The van der Waals surface area contributed by atoms with E-state index < -0.39 is 16.4 Å². The second-order valence-electron chi connectivity index (χ2n) is 5.15. The molecule has 1 heterocycles. The number of aliphatic hydroxyl groups is 1. The molecule has 0 aliphatic heterocycles. The molecule has 1 unspecified atom stereocenters. The molecule has 0 spiro atoms. The average Bonchev–Trinajstić information content (AvgIpc) is 3.06. The van der Waals surface area contributed by atoms with Gasteiger partial charge in [0.15, 0.2) is 0 Å². The number of nitrogens with zero attached hydrogens (tertiary/aromatic N) is 1. The molecule has 6 nitrogen and oxygen atoms in total. The van der Waals surface area contributed by atoms with Crippen LogP contribution in [0.4, 0.5) is 5.69 Å². The number of nitrogens with one attached hydrogen (secondary N) is 1. The summed E-state index contributed by atoms with van der Waals surface area (Å²) in [5.74, 6) is -0.432. The summed E-state index contributed by atoms with van der Waals surface area (Å²) < 4.78 is 0. The molecule has 0 saturated carbocycles. The van der Waals surface area contributed by atoms with E-state index in [0.717, 1.165) is 5.56 Å². The fourth-order valence-corrected chi connectivity index (χ4v) is 2.73. The van der Waals surface area contributed by atoms with Gasteiger partial charge in [0.1, 0.15) is 5.60 Å². The molecule has 1 aromatic heterocycles. The SMILES string of the molecule is CC(O)(CNC(=O)/C=C/c1ccccc1[N+](=O)[O-])c1ccsc1. The van der Waals surface area contributed by atoms with Gasteiger partial charge in [0, 0.05) is 12.1 Å². The summed E-state index contributed by atoms with van der Waals surface area (Å²) in [6, 6.07) is 7.95. The smallest absolute Gasteiger partial charge is 0.276 e. The molecule has 1 atom stereocenters. The summed E-state index contributed by atoms with van der Waals surface area (Å²) in [6.45, 7) is 1.66. The summed E-state index contributed by atoms with van der Waals surface area (Å²) in [5.41, 5.74) is -0.160. The molecule has 0 fully saturated rings. The predicted molar refractivity (Wildman–Crippen MR) is 89.0 cm³/mol. The minimum Gasteiger partial charge on any atom is -0.384 e. The second kappa shape index (κ2) is 7.17. The highest BCUT2D eigenvalue weighted by Gasteiger charge is 2.23. The molecule has 0 saturated heterocycles.